The van der Waals surface area contributed by atoms with Gasteiger partial charge in [-0.05, 0) is 31.2 Å². The molecule has 1 unspecified atom stereocenters. The summed E-state index contributed by atoms with van der Waals surface area (Å²) in [5.74, 6) is 0.805. The maximum Gasteiger partial charge on any atom is 0.0638 e. The van der Waals surface area contributed by atoms with E-state index in [0.29, 0.717) is 6.04 Å². The maximum atomic E-state index is 4.40. The zero-order chi connectivity index (χ0) is 13.2. The van der Waals surface area contributed by atoms with Crippen LogP contribution in [0.1, 0.15) is 35.7 Å². The van der Waals surface area contributed by atoms with Gasteiger partial charge in [0, 0.05) is 31.4 Å². The van der Waals surface area contributed by atoms with Crippen molar-refractivity contribution in [2.45, 2.75) is 32.4 Å². The van der Waals surface area contributed by atoms with Crippen molar-refractivity contribution in [1.82, 2.24) is 15.1 Å². The van der Waals surface area contributed by atoms with Crippen LogP contribution in [0.25, 0.3) is 0 Å². The molecule has 0 amide bonds. The van der Waals surface area contributed by atoms with Gasteiger partial charge in [-0.1, -0.05) is 30.3 Å². The summed E-state index contributed by atoms with van der Waals surface area (Å²) in [6, 6.07) is 11.3. The van der Waals surface area contributed by atoms with Crippen molar-refractivity contribution in [3.8, 4) is 0 Å². The second-order valence-electron chi connectivity index (χ2n) is 5.52. The first-order chi connectivity index (χ1) is 9.24. The number of aromatic nitrogens is 2. The second kappa shape index (κ2) is 5.17. The third-order valence-electron chi connectivity index (χ3n) is 3.88. The van der Waals surface area contributed by atoms with Crippen molar-refractivity contribution >= 4 is 0 Å². The second-order valence-corrected chi connectivity index (χ2v) is 5.52. The Labute approximate surface area is 114 Å². The van der Waals surface area contributed by atoms with E-state index in [0.717, 1.165) is 18.2 Å². The summed E-state index contributed by atoms with van der Waals surface area (Å²) in [5, 5.41) is 8.11. The Morgan fingerprint density at radius 3 is 2.63 bits per heavy atom. The average Bonchev–Trinajstić information content (AvgIpc) is 3.18. The summed E-state index contributed by atoms with van der Waals surface area (Å²) >= 11 is 0. The van der Waals surface area contributed by atoms with E-state index in [-0.39, 0.29) is 0 Å². The van der Waals surface area contributed by atoms with Crippen LogP contribution >= 0.6 is 0 Å². The molecule has 1 heterocycles. The lowest BCUT2D eigenvalue weighted by Crippen LogP contribution is -2.22. The lowest BCUT2D eigenvalue weighted by atomic mass is 10.0. The van der Waals surface area contributed by atoms with Crippen LogP contribution in [-0.4, -0.2) is 9.78 Å². The molecule has 1 saturated carbocycles. The molecule has 0 bridgehead atoms. The van der Waals surface area contributed by atoms with Gasteiger partial charge in [0.1, 0.15) is 0 Å². The number of aryl methyl sites for hydroxylation is 2. The highest BCUT2D eigenvalue weighted by atomic mass is 15.3. The molecule has 1 aromatic heterocycles. The van der Waals surface area contributed by atoms with E-state index >= 15 is 0 Å². The van der Waals surface area contributed by atoms with Gasteiger partial charge in [0.2, 0.25) is 0 Å². The zero-order valence-electron chi connectivity index (χ0n) is 11.6. The van der Waals surface area contributed by atoms with Crippen LogP contribution in [-0.2, 0) is 13.6 Å². The van der Waals surface area contributed by atoms with Crippen LogP contribution in [0.3, 0.4) is 0 Å². The van der Waals surface area contributed by atoms with Crippen molar-refractivity contribution in [2.24, 2.45) is 13.0 Å². The molecule has 1 atom stereocenters. The van der Waals surface area contributed by atoms with Gasteiger partial charge in [-0.3, -0.25) is 4.68 Å². The van der Waals surface area contributed by atoms with Crippen LogP contribution in [0.5, 0.6) is 0 Å². The Hall–Kier alpha value is -1.61. The van der Waals surface area contributed by atoms with E-state index < -0.39 is 0 Å². The molecule has 1 aliphatic carbocycles. The van der Waals surface area contributed by atoms with Gasteiger partial charge >= 0.3 is 0 Å². The molecule has 3 heteroatoms. The number of benzene rings is 1. The quantitative estimate of drug-likeness (QED) is 0.890. The molecule has 0 spiro atoms. The van der Waals surface area contributed by atoms with Gasteiger partial charge in [0.15, 0.2) is 0 Å². The molecule has 3 nitrogen and oxygen atoms in total. The molecule has 0 saturated heterocycles. The highest BCUT2D eigenvalue weighted by molar-refractivity contribution is 5.22. The third kappa shape index (κ3) is 2.87. The first-order valence-electron chi connectivity index (χ1n) is 7.01. The van der Waals surface area contributed by atoms with E-state index in [9.17, 15) is 0 Å². The zero-order valence-corrected chi connectivity index (χ0v) is 11.6. The average molecular weight is 255 g/mol. The molecule has 0 radical (unpaired) electrons. The Balaban J connectivity index is 1.71. The van der Waals surface area contributed by atoms with Gasteiger partial charge in [-0.25, -0.2) is 0 Å². The van der Waals surface area contributed by atoms with Crippen LogP contribution in [0.15, 0.2) is 36.5 Å². The first-order valence-corrected chi connectivity index (χ1v) is 7.01. The van der Waals surface area contributed by atoms with Crippen LogP contribution in [0.2, 0.25) is 0 Å². The fraction of sp³-hybridized carbons (Fsp3) is 0.438. The molecule has 19 heavy (non-hydrogen) atoms. The SMILES string of the molecule is Cc1nn(C)cc1CNC(c1ccccc1)C1CC1. The minimum atomic E-state index is 0.487. The summed E-state index contributed by atoms with van der Waals surface area (Å²) in [6.07, 6.45) is 4.80. The fourth-order valence-electron chi connectivity index (χ4n) is 2.69. The monoisotopic (exact) mass is 255 g/mol. The lowest BCUT2D eigenvalue weighted by molar-refractivity contribution is 0.479. The van der Waals surface area contributed by atoms with Crippen LogP contribution < -0.4 is 5.32 Å². The number of nitrogens with one attached hydrogen (secondary N) is 1. The van der Waals surface area contributed by atoms with Crippen molar-refractivity contribution in [3.63, 3.8) is 0 Å². The summed E-state index contributed by atoms with van der Waals surface area (Å²) in [5.41, 5.74) is 3.83. The largest absolute Gasteiger partial charge is 0.305 e. The smallest absolute Gasteiger partial charge is 0.0638 e. The normalized spacial score (nSPS) is 16.5. The topological polar surface area (TPSA) is 29.9 Å². The Kier molecular flexibility index (Phi) is 3.38. The van der Waals surface area contributed by atoms with E-state index in [2.05, 4.69) is 53.9 Å². The third-order valence-corrected chi connectivity index (χ3v) is 3.88. The van der Waals surface area contributed by atoms with E-state index in [1.165, 1.54) is 24.0 Å². The molecule has 1 fully saturated rings. The molecule has 1 aromatic carbocycles. The standard InChI is InChI=1S/C16H21N3/c1-12-15(11-19(2)18-12)10-17-16(14-8-9-14)13-6-4-3-5-7-13/h3-7,11,14,16-17H,8-10H2,1-2H3. The fourth-order valence-corrected chi connectivity index (χ4v) is 2.69. The van der Waals surface area contributed by atoms with Crippen molar-refractivity contribution in [2.75, 3.05) is 0 Å². The molecule has 1 N–H and O–H groups in total. The van der Waals surface area contributed by atoms with Gasteiger partial charge in [-0.15, -0.1) is 0 Å². The van der Waals surface area contributed by atoms with Gasteiger partial charge in [0.25, 0.3) is 0 Å². The Bertz CT molecular complexity index is 540. The van der Waals surface area contributed by atoms with E-state index in [1.54, 1.807) is 0 Å². The number of hydrogen-bond donors (Lipinski definition) is 1. The Morgan fingerprint density at radius 1 is 1.32 bits per heavy atom. The summed E-state index contributed by atoms with van der Waals surface area (Å²) in [6.45, 7) is 2.97. The highest BCUT2D eigenvalue weighted by Gasteiger charge is 2.31. The number of hydrogen-bond acceptors (Lipinski definition) is 2. The van der Waals surface area contributed by atoms with E-state index in [1.807, 2.05) is 11.7 Å². The number of rotatable bonds is 5. The van der Waals surface area contributed by atoms with Crippen molar-refractivity contribution in [3.05, 3.63) is 53.3 Å². The molecular formula is C16H21N3. The van der Waals surface area contributed by atoms with Gasteiger partial charge in [-0.2, -0.15) is 5.10 Å². The predicted octanol–water partition coefficient (Wildman–Crippen LogP) is 2.97. The molecule has 0 aliphatic heterocycles. The van der Waals surface area contributed by atoms with Crippen molar-refractivity contribution in [1.29, 1.82) is 0 Å². The number of nitrogens with zero attached hydrogens (tertiary/aromatic N) is 2. The van der Waals surface area contributed by atoms with Crippen molar-refractivity contribution < 1.29 is 0 Å². The lowest BCUT2D eigenvalue weighted by Gasteiger charge is -2.18. The molecule has 100 valence electrons. The predicted molar refractivity (Wildman–Crippen MR) is 76.7 cm³/mol. The highest BCUT2D eigenvalue weighted by Crippen LogP contribution is 2.41. The van der Waals surface area contributed by atoms with Crippen LogP contribution in [0, 0.1) is 12.8 Å². The first kappa shape index (κ1) is 12.4. The molecule has 2 aromatic rings. The minimum Gasteiger partial charge on any atom is -0.305 e. The molecular weight excluding hydrogens is 234 g/mol. The minimum absolute atomic E-state index is 0.487. The van der Waals surface area contributed by atoms with E-state index in [4.69, 9.17) is 0 Å². The summed E-state index contributed by atoms with van der Waals surface area (Å²) < 4.78 is 1.89. The Morgan fingerprint density at radius 2 is 2.05 bits per heavy atom. The molecule has 3 rings (SSSR count). The molecule has 1 aliphatic rings. The summed E-state index contributed by atoms with van der Waals surface area (Å²) in [7, 11) is 1.98. The summed E-state index contributed by atoms with van der Waals surface area (Å²) in [4.78, 5) is 0. The van der Waals surface area contributed by atoms with Gasteiger partial charge < -0.3 is 5.32 Å². The maximum absolute atomic E-state index is 4.40. The van der Waals surface area contributed by atoms with Gasteiger partial charge in [0.05, 0.1) is 5.69 Å². The van der Waals surface area contributed by atoms with Crippen LogP contribution in [0.4, 0.5) is 0 Å².